The van der Waals surface area contributed by atoms with Gasteiger partial charge in [-0.15, -0.1) is 0 Å². The van der Waals surface area contributed by atoms with Gasteiger partial charge < -0.3 is 0 Å². The van der Waals surface area contributed by atoms with Crippen molar-refractivity contribution in [1.29, 1.82) is 0 Å². The average molecular weight is 273 g/mol. The van der Waals surface area contributed by atoms with Crippen LogP contribution >= 0.6 is 0 Å². The minimum Gasteiger partial charge on any atom is -0.257 e. The third-order valence-electron chi connectivity index (χ3n) is 4.38. The molecule has 1 heterocycles. The van der Waals surface area contributed by atoms with E-state index in [1.54, 1.807) is 10.8 Å². The molecule has 1 aliphatic rings. The number of aromatic nitrogens is 1. The van der Waals surface area contributed by atoms with E-state index in [2.05, 4.69) is 51.8 Å². The molecule has 1 aromatic rings. The van der Waals surface area contributed by atoms with Gasteiger partial charge in [-0.3, -0.25) is 4.98 Å². The second kappa shape index (κ2) is 5.62. The van der Waals surface area contributed by atoms with E-state index in [-0.39, 0.29) is 0 Å². The van der Waals surface area contributed by atoms with Gasteiger partial charge in [0.15, 0.2) is 0 Å². The van der Waals surface area contributed by atoms with Crippen LogP contribution in [0.4, 0.5) is 0 Å². The van der Waals surface area contributed by atoms with Gasteiger partial charge in [0.25, 0.3) is 0 Å². The molecule has 0 N–H and O–H groups in total. The number of allylic oxidation sites excluding steroid dienone is 2. The molecule has 0 amide bonds. The van der Waals surface area contributed by atoms with Gasteiger partial charge in [0, 0.05) is 6.20 Å². The molecule has 1 aromatic heterocycles. The zero-order valence-corrected chi connectivity index (χ0v) is 14.1. The second-order valence-electron chi connectivity index (χ2n) is 6.86. The Morgan fingerprint density at radius 2 is 1.89 bits per heavy atom. The molecule has 0 aromatic carbocycles. The van der Waals surface area contributed by atoms with Crippen LogP contribution in [-0.4, -0.2) is 13.1 Å². The first-order chi connectivity index (χ1) is 8.93. The maximum Gasteiger partial charge on any atom is 0.0799 e. The van der Waals surface area contributed by atoms with Crippen molar-refractivity contribution in [2.75, 3.05) is 0 Å². The molecule has 2 rings (SSSR count). The van der Waals surface area contributed by atoms with E-state index in [0.717, 1.165) is 5.92 Å². The lowest BCUT2D eigenvalue weighted by molar-refractivity contribution is 0.725. The van der Waals surface area contributed by atoms with Crippen molar-refractivity contribution >= 4 is 18.8 Å². The van der Waals surface area contributed by atoms with Crippen molar-refractivity contribution in [1.82, 2.24) is 4.98 Å². The molecule has 1 nitrogen and oxygen atoms in total. The number of nitrogens with zero attached hydrogens (tertiary/aromatic N) is 1. The lowest BCUT2D eigenvalue weighted by Gasteiger charge is -2.24. The highest BCUT2D eigenvalue weighted by Crippen LogP contribution is 2.34. The van der Waals surface area contributed by atoms with Gasteiger partial charge in [-0.2, -0.15) is 0 Å². The fourth-order valence-electron chi connectivity index (χ4n) is 3.04. The van der Waals surface area contributed by atoms with Crippen LogP contribution in [0.25, 0.3) is 5.57 Å². The van der Waals surface area contributed by atoms with Crippen LogP contribution in [0.2, 0.25) is 19.6 Å². The molecular formula is C17H27NSi. The SMILES string of the molecule is C/C=C(\C)c1cc(C2CCCC2)c([Si](C)(C)C)cn1. The Labute approximate surface area is 119 Å². The topological polar surface area (TPSA) is 12.9 Å². The summed E-state index contributed by atoms with van der Waals surface area (Å²) >= 11 is 0. The zero-order valence-electron chi connectivity index (χ0n) is 13.1. The normalized spacial score (nSPS) is 18.1. The van der Waals surface area contributed by atoms with Crippen LogP contribution in [0.15, 0.2) is 18.3 Å². The van der Waals surface area contributed by atoms with E-state index >= 15 is 0 Å². The van der Waals surface area contributed by atoms with E-state index in [1.807, 2.05) is 0 Å². The number of pyridine rings is 1. The van der Waals surface area contributed by atoms with Crippen LogP contribution in [0.1, 0.15) is 56.7 Å². The lowest BCUT2D eigenvalue weighted by atomic mass is 9.97. The third-order valence-corrected chi connectivity index (χ3v) is 6.41. The Kier molecular flexibility index (Phi) is 4.29. The molecule has 1 fully saturated rings. The summed E-state index contributed by atoms with van der Waals surface area (Å²) in [5.41, 5.74) is 4.08. The van der Waals surface area contributed by atoms with Gasteiger partial charge in [0.1, 0.15) is 0 Å². The maximum atomic E-state index is 4.71. The molecule has 0 spiro atoms. The fraction of sp³-hybridized carbons (Fsp3) is 0.588. The summed E-state index contributed by atoms with van der Waals surface area (Å²) in [5, 5.41) is 1.58. The maximum absolute atomic E-state index is 4.71. The Morgan fingerprint density at radius 3 is 2.42 bits per heavy atom. The predicted molar refractivity (Wildman–Crippen MR) is 87.8 cm³/mol. The lowest BCUT2D eigenvalue weighted by Crippen LogP contribution is -2.41. The average Bonchev–Trinajstić information content (AvgIpc) is 2.89. The van der Waals surface area contributed by atoms with Crippen LogP contribution < -0.4 is 5.19 Å². The monoisotopic (exact) mass is 273 g/mol. The summed E-state index contributed by atoms with van der Waals surface area (Å²) in [4.78, 5) is 4.71. The minimum atomic E-state index is -1.30. The van der Waals surface area contributed by atoms with Crippen molar-refractivity contribution in [3.63, 3.8) is 0 Å². The van der Waals surface area contributed by atoms with Gasteiger partial charge in [0.2, 0.25) is 0 Å². The summed E-state index contributed by atoms with van der Waals surface area (Å²) in [6.45, 7) is 11.6. The minimum absolute atomic E-state index is 0.785. The molecule has 0 bridgehead atoms. The van der Waals surface area contributed by atoms with Gasteiger partial charge >= 0.3 is 0 Å². The van der Waals surface area contributed by atoms with E-state index in [1.165, 1.54) is 37.0 Å². The number of hydrogen-bond acceptors (Lipinski definition) is 1. The molecule has 2 heteroatoms. The number of hydrogen-bond donors (Lipinski definition) is 0. The Bertz CT molecular complexity index is 477. The Morgan fingerprint density at radius 1 is 1.26 bits per heavy atom. The highest BCUT2D eigenvalue weighted by atomic mass is 28.3. The predicted octanol–water partition coefficient (Wildman–Crippen LogP) is 4.71. The van der Waals surface area contributed by atoms with Crippen molar-refractivity contribution in [2.24, 2.45) is 0 Å². The first-order valence-corrected chi connectivity index (χ1v) is 11.1. The quantitative estimate of drug-likeness (QED) is 0.727. The molecule has 19 heavy (non-hydrogen) atoms. The molecule has 0 unspecified atom stereocenters. The van der Waals surface area contributed by atoms with Gasteiger partial charge in [0.05, 0.1) is 13.8 Å². The Balaban J connectivity index is 2.50. The molecule has 0 saturated heterocycles. The highest BCUT2D eigenvalue weighted by Gasteiger charge is 2.27. The third kappa shape index (κ3) is 3.17. The standard InChI is InChI=1S/C17H27NSi/c1-6-13(2)16-11-15(14-9-7-8-10-14)17(12-18-16)19(3,4)5/h6,11-12,14H,7-10H2,1-5H3/b13-6+. The van der Waals surface area contributed by atoms with Crippen molar-refractivity contribution in [2.45, 2.75) is 65.1 Å². The van der Waals surface area contributed by atoms with Gasteiger partial charge in [-0.1, -0.05) is 38.6 Å². The molecule has 0 atom stereocenters. The molecule has 0 radical (unpaired) electrons. The summed E-state index contributed by atoms with van der Waals surface area (Å²) in [6.07, 6.45) is 9.88. The molecule has 1 saturated carbocycles. The number of rotatable bonds is 3. The molecule has 0 aliphatic heterocycles. The summed E-state index contributed by atoms with van der Waals surface area (Å²) in [5.74, 6) is 0.785. The molecular weight excluding hydrogens is 246 g/mol. The van der Waals surface area contributed by atoms with E-state index in [9.17, 15) is 0 Å². The second-order valence-corrected chi connectivity index (χ2v) is 11.9. The van der Waals surface area contributed by atoms with E-state index in [0.29, 0.717) is 0 Å². The first kappa shape index (κ1) is 14.5. The van der Waals surface area contributed by atoms with Crippen LogP contribution in [-0.2, 0) is 0 Å². The van der Waals surface area contributed by atoms with Crippen LogP contribution in [0.5, 0.6) is 0 Å². The largest absolute Gasteiger partial charge is 0.257 e. The van der Waals surface area contributed by atoms with Gasteiger partial charge in [-0.25, -0.2) is 0 Å². The van der Waals surface area contributed by atoms with Crippen molar-refractivity contribution in [3.8, 4) is 0 Å². The fourth-order valence-corrected chi connectivity index (χ4v) is 4.63. The Hall–Kier alpha value is -0.893. The van der Waals surface area contributed by atoms with Gasteiger partial charge in [-0.05, 0) is 55.0 Å². The molecule has 1 aliphatic carbocycles. The van der Waals surface area contributed by atoms with E-state index in [4.69, 9.17) is 4.98 Å². The summed E-state index contributed by atoms with van der Waals surface area (Å²) in [7, 11) is -1.30. The van der Waals surface area contributed by atoms with Crippen LogP contribution in [0.3, 0.4) is 0 Å². The van der Waals surface area contributed by atoms with Crippen molar-refractivity contribution < 1.29 is 0 Å². The zero-order chi connectivity index (χ0) is 14.0. The van der Waals surface area contributed by atoms with Crippen LogP contribution in [0, 0.1) is 0 Å². The summed E-state index contributed by atoms with van der Waals surface area (Å²) in [6, 6.07) is 2.39. The highest BCUT2D eigenvalue weighted by molar-refractivity contribution is 6.89. The van der Waals surface area contributed by atoms with E-state index < -0.39 is 8.07 Å². The smallest absolute Gasteiger partial charge is 0.0799 e. The molecule has 104 valence electrons. The summed E-state index contributed by atoms with van der Waals surface area (Å²) < 4.78 is 0. The first-order valence-electron chi connectivity index (χ1n) is 7.57. The van der Waals surface area contributed by atoms with Crippen molar-refractivity contribution in [3.05, 3.63) is 29.6 Å².